The number of rotatable bonds is 2. The fourth-order valence-electron chi connectivity index (χ4n) is 3.34. The number of hydrogen-bond acceptors (Lipinski definition) is 3. The van der Waals surface area contributed by atoms with Gasteiger partial charge >= 0.3 is 0 Å². The maximum absolute atomic E-state index is 12.4. The number of nitrogens with two attached hydrogens (primary N) is 1. The molecule has 0 bridgehead atoms. The number of carbonyl (C=O) groups excluding carboxylic acids is 1. The van der Waals surface area contributed by atoms with Gasteiger partial charge in [0, 0.05) is 12.1 Å². The molecule has 0 radical (unpaired) electrons. The molecule has 6 unspecified atom stereocenters. The Balaban J connectivity index is 1.95. The Morgan fingerprint density at radius 2 is 1.83 bits per heavy atom. The molecule has 6 atom stereocenters. The summed E-state index contributed by atoms with van der Waals surface area (Å²) in [6, 6.07) is 0.273. The molecule has 1 saturated heterocycles. The minimum absolute atomic E-state index is 0.00909. The van der Waals surface area contributed by atoms with Crippen molar-refractivity contribution in [3.8, 4) is 0 Å². The lowest BCUT2D eigenvalue weighted by Crippen LogP contribution is -2.52. The van der Waals surface area contributed by atoms with Crippen LogP contribution in [0.15, 0.2) is 0 Å². The average molecular weight is 254 g/mol. The van der Waals surface area contributed by atoms with Gasteiger partial charge in [0.15, 0.2) is 0 Å². The predicted molar refractivity (Wildman–Crippen MR) is 71.0 cm³/mol. The molecule has 1 heterocycles. The van der Waals surface area contributed by atoms with Crippen LogP contribution >= 0.6 is 0 Å². The van der Waals surface area contributed by atoms with Crippen LogP contribution in [0.3, 0.4) is 0 Å². The van der Waals surface area contributed by atoms with E-state index in [1.165, 1.54) is 12.8 Å². The molecule has 1 saturated carbocycles. The van der Waals surface area contributed by atoms with Gasteiger partial charge in [-0.15, -0.1) is 0 Å². The molecule has 4 nitrogen and oxygen atoms in total. The smallest absolute Gasteiger partial charge is 0.226 e. The molecule has 2 fully saturated rings. The van der Waals surface area contributed by atoms with Crippen LogP contribution in [0.4, 0.5) is 0 Å². The first-order valence-corrected chi connectivity index (χ1v) is 7.22. The monoisotopic (exact) mass is 254 g/mol. The second kappa shape index (κ2) is 5.57. The summed E-state index contributed by atoms with van der Waals surface area (Å²) in [7, 11) is 0. The maximum atomic E-state index is 12.4. The van der Waals surface area contributed by atoms with Gasteiger partial charge in [-0.25, -0.2) is 0 Å². The second-order valence-corrected chi connectivity index (χ2v) is 5.99. The van der Waals surface area contributed by atoms with Gasteiger partial charge < -0.3 is 15.8 Å². The summed E-state index contributed by atoms with van der Waals surface area (Å²) in [5.41, 5.74) is 6.08. The van der Waals surface area contributed by atoms with E-state index >= 15 is 0 Å². The van der Waals surface area contributed by atoms with Crippen molar-refractivity contribution in [2.45, 2.75) is 70.7 Å². The topological polar surface area (TPSA) is 64.3 Å². The normalized spacial score (nSPS) is 44.9. The Morgan fingerprint density at radius 1 is 1.17 bits per heavy atom. The molecular formula is C14H26N2O2. The number of carbonyl (C=O) groups is 1. The first kappa shape index (κ1) is 13.8. The van der Waals surface area contributed by atoms with Crippen molar-refractivity contribution in [1.82, 2.24) is 5.32 Å². The van der Waals surface area contributed by atoms with Gasteiger partial charge in [0.25, 0.3) is 0 Å². The Hall–Kier alpha value is -0.610. The number of nitrogens with one attached hydrogen (secondary N) is 1. The highest BCUT2D eigenvalue weighted by atomic mass is 16.5. The van der Waals surface area contributed by atoms with Gasteiger partial charge in [0.2, 0.25) is 5.91 Å². The minimum Gasteiger partial charge on any atom is -0.374 e. The zero-order valence-corrected chi connectivity index (χ0v) is 11.7. The van der Waals surface area contributed by atoms with Crippen molar-refractivity contribution >= 4 is 5.91 Å². The molecule has 0 spiro atoms. The third-order valence-corrected chi connectivity index (χ3v) is 4.69. The van der Waals surface area contributed by atoms with Crippen molar-refractivity contribution in [2.24, 2.45) is 17.6 Å². The van der Waals surface area contributed by atoms with Crippen molar-refractivity contribution in [2.75, 3.05) is 0 Å². The van der Waals surface area contributed by atoms with Gasteiger partial charge in [-0.3, -0.25) is 4.79 Å². The van der Waals surface area contributed by atoms with E-state index in [9.17, 15) is 4.79 Å². The SMILES string of the molecule is CC1OC(C)C(C(=O)NC2CCCCC2N)C1C. The summed E-state index contributed by atoms with van der Waals surface area (Å²) in [5, 5.41) is 3.15. The molecule has 18 heavy (non-hydrogen) atoms. The van der Waals surface area contributed by atoms with E-state index in [1.807, 2.05) is 13.8 Å². The van der Waals surface area contributed by atoms with Crippen molar-refractivity contribution in [3.05, 3.63) is 0 Å². The fraction of sp³-hybridized carbons (Fsp3) is 0.929. The molecule has 104 valence electrons. The molecule has 1 aliphatic heterocycles. The summed E-state index contributed by atoms with van der Waals surface area (Å²) in [4.78, 5) is 12.4. The van der Waals surface area contributed by atoms with Crippen LogP contribution in [0.25, 0.3) is 0 Å². The van der Waals surface area contributed by atoms with E-state index in [0.717, 1.165) is 12.8 Å². The maximum Gasteiger partial charge on any atom is 0.226 e. The number of hydrogen-bond donors (Lipinski definition) is 2. The molecule has 4 heteroatoms. The van der Waals surface area contributed by atoms with Crippen LogP contribution in [0, 0.1) is 11.8 Å². The Morgan fingerprint density at radius 3 is 2.39 bits per heavy atom. The van der Waals surface area contributed by atoms with Gasteiger partial charge in [0.05, 0.1) is 18.1 Å². The molecule has 2 rings (SSSR count). The zero-order valence-electron chi connectivity index (χ0n) is 11.7. The van der Waals surface area contributed by atoms with Crippen molar-refractivity contribution < 1.29 is 9.53 Å². The highest BCUT2D eigenvalue weighted by molar-refractivity contribution is 5.80. The van der Waals surface area contributed by atoms with Gasteiger partial charge in [-0.2, -0.15) is 0 Å². The summed E-state index contributed by atoms with van der Waals surface area (Å²) in [5.74, 6) is 0.371. The van der Waals surface area contributed by atoms with Gasteiger partial charge in [-0.1, -0.05) is 19.8 Å². The van der Waals surface area contributed by atoms with E-state index < -0.39 is 0 Å². The molecule has 1 aliphatic carbocycles. The summed E-state index contributed by atoms with van der Waals surface area (Å²) >= 11 is 0. The highest BCUT2D eigenvalue weighted by Crippen LogP contribution is 2.32. The summed E-state index contributed by atoms with van der Waals surface area (Å²) in [6.07, 6.45) is 4.56. The Labute approximate surface area is 110 Å². The first-order valence-electron chi connectivity index (χ1n) is 7.22. The third kappa shape index (κ3) is 2.69. The molecule has 0 aromatic rings. The van der Waals surface area contributed by atoms with Crippen LogP contribution in [0.2, 0.25) is 0 Å². The van der Waals surface area contributed by atoms with Crippen molar-refractivity contribution in [1.29, 1.82) is 0 Å². The lowest BCUT2D eigenvalue weighted by Gasteiger charge is -2.31. The molecule has 0 aromatic heterocycles. The largest absolute Gasteiger partial charge is 0.374 e. The lowest BCUT2D eigenvalue weighted by atomic mass is 9.86. The van der Waals surface area contributed by atoms with Crippen LogP contribution in [0.1, 0.15) is 46.5 Å². The number of ether oxygens (including phenoxy) is 1. The third-order valence-electron chi connectivity index (χ3n) is 4.69. The van der Waals surface area contributed by atoms with E-state index in [0.29, 0.717) is 0 Å². The summed E-state index contributed by atoms with van der Waals surface area (Å²) < 4.78 is 5.73. The molecule has 3 N–H and O–H groups in total. The van der Waals surface area contributed by atoms with Gasteiger partial charge in [0.1, 0.15) is 0 Å². The molecule has 0 aromatic carbocycles. The lowest BCUT2D eigenvalue weighted by molar-refractivity contribution is -0.128. The number of amides is 1. The standard InChI is InChI=1S/C14H26N2O2/c1-8-9(2)18-10(3)13(8)14(17)16-12-7-5-4-6-11(12)15/h8-13H,4-7,15H2,1-3H3,(H,16,17). The predicted octanol–water partition coefficient (Wildman–Crippen LogP) is 1.43. The van der Waals surface area contributed by atoms with E-state index in [1.54, 1.807) is 0 Å². The van der Waals surface area contributed by atoms with Crippen LogP contribution in [-0.2, 0) is 9.53 Å². The van der Waals surface area contributed by atoms with Gasteiger partial charge in [-0.05, 0) is 32.6 Å². The van der Waals surface area contributed by atoms with Crippen LogP contribution in [0.5, 0.6) is 0 Å². The van der Waals surface area contributed by atoms with E-state index in [-0.39, 0.29) is 42.0 Å². The van der Waals surface area contributed by atoms with Crippen molar-refractivity contribution in [3.63, 3.8) is 0 Å². The van der Waals surface area contributed by atoms with E-state index in [2.05, 4.69) is 12.2 Å². The fourth-order valence-corrected chi connectivity index (χ4v) is 3.34. The van der Waals surface area contributed by atoms with E-state index in [4.69, 9.17) is 10.5 Å². The first-order chi connectivity index (χ1) is 8.50. The Kier molecular flexibility index (Phi) is 4.28. The minimum atomic E-state index is -0.0332. The Bertz CT molecular complexity index is 308. The molecule has 1 amide bonds. The quantitative estimate of drug-likeness (QED) is 0.783. The zero-order chi connectivity index (χ0) is 13.3. The highest BCUT2D eigenvalue weighted by Gasteiger charge is 2.42. The molecule has 2 aliphatic rings. The average Bonchev–Trinajstić information content (AvgIpc) is 2.56. The van der Waals surface area contributed by atoms with Crippen LogP contribution < -0.4 is 11.1 Å². The molecular weight excluding hydrogens is 228 g/mol. The van der Waals surface area contributed by atoms with Crippen LogP contribution in [-0.4, -0.2) is 30.2 Å². The second-order valence-electron chi connectivity index (χ2n) is 5.99. The summed E-state index contributed by atoms with van der Waals surface area (Å²) in [6.45, 7) is 6.13.